The zero-order chi connectivity index (χ0) is 8.10. The normalized spacial score (nSPS) is 10.4. The fraction of sp³-hybridized carbons (Fsp3) is 0.200. The fourth-order valence-corrected chi connectivity index (χ4v) is 1.35. The molecule has 1 heteroatoms. The first kappa shape index (κ1) is 8.28. The highest BCUT2D eigenvalue weighted by molar-refractivity contribution is 7.08. The molecule has 0 saturated carbocycles. The Morgan fingerprint density at radius 1 is 1.45 bits per heavy atom. The largest absolute Gasteiger partial charge is 0.152 e. The van der Waals surface area contributed by atoms with E-state index in [0.29, 0.717) is 0 Å². The Labute approximate surface area is 71.9 Å². The number of rotatable bonds is 2. The maximum Gasteiger partial charge on any atom is -0.00208 e. The van der Waals surface area contributed by atoms with Crippen molar-refractivity contribution in [3.63, 3.8) is 0 Å². The zero-order valence-electron chi connectivity index (χ0n) is 6.87. The van der Waals surface area contributed by atoms with Crippen molar-refractivity contribution < 1.29 is 0 Å². The predicted octanol–water partition coefficient (Wildman–Crippen LogP) is 3.73. The Kier molecular flexibility index (Phi) is 3.12. The molecule has 11 heavy (non-hydrogen) atoms. The number of allylic oxidation sites excluding steroid dienone is 3. The number of hydrogen-bond donors (Lipinski definition) is 0. The topological polar surface area (TPSA) is 0 Å². The van der Waals surface area contributed by atoms with E-state index in [4.69, 9.17) is 0 Å². The lowest BCUT2D eigenvalue weighted by molar-refractivity contribution is 1.40. The van der Waals surface area contributed by atoms with Crippen LogP contribution in [0.3, 0.4) is 0 Å². The Bertz CT molecular complexity index is 248. The van der Waals surface area contributed by atoms with Crippen molar-refractivity contribution >= 4 is 17.4 Å². The van der Waals surface area contributed by atoms with E-state index in [1.165, 1.54) is 11.1 Å². The van der Waals surface area contributed by atoms with Gasteiger partial charge in [-0.3, -0.25) is 0 Å². The van der Waals surface area contributed by atoms with Crippen LogP contribution in [0.5, 0.6) is 0 Å². The van der Waals surface area contributed by atoms with Gasteiger partial charge in [-0.25, -0.2) is 0 Å². The van der Waals surface area contributed by atoms with Gasteiger partial charge in [0.2, 0.25) is 0 Å². The first-order chi connectivity index (χ1) is 5.29. The molecule has 0 unspecified atom stereocenters. The second-order valence-corrected chi connectivity index (χ2v) is 3.44. The Morgan fingerprint density at radius 3 is 2.82 bits per heavy atom. The van der Waals surface area contributed by atoms with E-state index >= 15 is 0 Å². The first-order valence-electron chi connectivity index (χ1n) is 3.63. The minimum Gasteiger partial charge on any atom is -0.152 e. The van der Waals surface area contributed by atoms with Gasteiger partial charge >= 0.3 is 0 Å². The highest BCUT2D eigenvalue weighted by Crippen LogP contribution is 2.07. The summed E-state index contributed by atoms with van der Waals surface area (Å²) < 4.78 is 0. The van der Waals surface area contributed by atoms with Crippen LogP contribution in [0.1, 0.15) is 19.4 Å². The Balaban J connectivity index is 2.56. The monoisotopic (exact) mass is 164 g/mol. The van der Waals surface area contributed by atoms with Crippen molar-refractivity contribution in [2.75, 3.05) is 0 Å². The predicted molar refractivity (Wildman–Crippen MR) is 52.8 cm³/mol. The molecule has 0 N–H and O–H groups in total. The molecule has 1 heterocycles. The minimum atomic E-state index is 1.28. The second-order valence-electron chi connectivity index (χ2n) is 2.66. The van der Waals surface area contributed by atoms with Crippen LogP contribution in [-0.4, -0.2) is 0 Å². The summed E-state index contributed by atoms with van der Waals surface area (Å²) in [6.07, 6.45) is 6.30. The molecular weight excluding hydrogens is 152 g/mol. The molecule has 0 fully saturated rings. The minimum absolute atomic E-state index is 1.28. The molecular formula is C10H12S. The van der Waals surface area contributed by atoms with E-state index in [9.17, 15) is 0 Å². The zero-order valence-corrected chi connectivity index (χ0v) is 7.69. The van der Waals surface area contributed by atoms with Gasteiger partial charge < -0.3 is 0 Å². The molecule has 0 aliphatic heterocycles. The molecule has 0 saturated heterocycles. The van der Waals surface area contributed by atoms with Crippen LogP contribution in [0.25, 0.3) is 6.08 Å². The summed E-state index contributed by atoms with van der Waals surface area (Å²) in [7, 11) is 0. The van der Waals surface area contributed by atoms with Crippen molar-refractivity contribution in [2.45, 2.75) is 13.8 Å². The SMILES string of the molecule is CC(C)=C/C=C/c1ccsc1. The summed E-state index contributed by atoms with van der Waals surface area (Å²) in [4.78, 5) is 0. The fourth-order valence-electron chi connectivity index (χ4n) is 0.721. The van der Waals surface area contributed by atoms with Crippen LogP contribution < -0.4 is 0 Å². The second kappa shape index (κ2) is 4.14. The lowest BCUT2D eigenvalue weighted by Crippen LogP contribution is -1.60. The van der Waals surface area contributed by atoms with Gasteiger partial charge in [-0.2, -0.15) is 11.3 Å². The smallest absolute Gasteiger partial charge is 0.00208 e. The molecule has 0 amide bonds. The van der Waals surface area contributed by atoms with Gasteiger partial charge in [0, 0.05) is 0 Å². The van der Waals surface area contributed by atoms with Crippen LogP contribution in [0.2, 0.25) is 0 Å². The van der Waals surface area contributed by atoms with Crippen molar-refractivity contribution in [3.05, 3.63) is 40.1 Å². The van der Waals surface area contributed by atoms with E-state index in [2.05, 4.69) is 48.9 Å². The average Bonchev–Trinajstić information content (AvgIpc) is 2.39. The van der Waals surface area contributed by atoms with Crippen molar-refractivity contribution in [2.24, 2.45) is 0 Å². The van der Waals surface area contributed by atoms with E-state index in [1.807, 2.05) is 0 Å². The van der Waals surface area contributed by atoms with Crippen LogP contribution >= 0.6 is 11.3 Å². The van der Waals surface area contributed by atoms with Gasteiger partial charge in [0.15, 0.2) is 0 Å². The Morgan fingerprint density at radius 2 is 2.27 bits per heavy atom. The summed E-state index contributed by atoms with van der Waals surface area (Å²) in [5, 5.41) is 4.22. The third-order valence-corrected chi connectivity index (χ3v) is 1.96. The van der Waals surface area contributed by atoms with E-state index < -0.39 is 0 Å². The molecule has 0 spiro atoms. The van der Waals surface area contributed by atoms with E-state index in [0.717, 1.165) is 0 Å². The summed E-state index contributed by atoms with van der Waals surface area (Å²) in [6, 6.07) is 2.11. The average molecular weight is 164 g/mol. The Hall–Kier alpha value is -0.820. The molecule has 0 aromatic carbocycles. The maximum atomic E-state index is 2.13. The summed E-state index contributed by atoms with van der Waals surface area (Å²) in [5.41, 5.74) is 2.61. The molecule has 58 valence electrons. The third kappa shape index (κ3) is 3.19. The molecule has 0 bridgehead atoms. The van der Waals surface area contributed by atoms with Gasteiger partial charge in [-0.05, 0) is 36.2 Å². The van der Waals surface area contributed by atoms with Gasteiger partial charge in [-0.15, -0.1) is 0 Å². The van der Waals surface area contributed by atoms with Crippen LogP contribution in [0, 0.1) is 0 Å². The molecule has 0 aliphatic carbocycles. The van der Waals surface area contributed by atoms with Gasteiger partial charge in [-0.1, -0.05) is 23.8 Å². The van der Waals surface area contributed by atoms with Crippen LogP contribution in [-0.2, 0) is 0 Å². The van der Waals surface area contributed by atoms with Crippen molar-refractivity contribution in [3.8, 4) is 0 Å². The lowest BCUT2D eigenvalue weighted by Gasteiger charge is -1.82. The van der Waals surface area contributed by atoms with Gasteiger partial charge in [0.05, 0.1) is 0 Å². The van der Waals surface area contributed by atoms with Gasteiger partial charge in [0.1, 0.15) is 0 Å². The molecule has 0 atom stereocenters. The standard InChI is InChI=1S/C10H12S/c1-9(2)4-3-5-10-6-7-11-8-10/h3-8H,1-2H3/b5-3+. The highest BCUT2D eigenvalue weighted by Gasteiger charge is 1.81. The summed E-state index contributed by atoms with van der Waals surface area (Å²) in [5.74, 6) is 0. The molecule has 1 aromatic heterocycles. The molecule has 1 aromatic rings. The van der Waals surface area contributed by atoms with E-state index in [-0.39, 0.29) is 0 Å². The van der Waals surface area contributed by atoms with Crippen molar-refractivity contribution in [1.29, 1.82) is 0 Å². The van der Waals surface area contributed by atoms with Crippen LogP contribution in [0.15, 0.2) is 34.6 Å². The van der Waals surface area contributed by atoms with Gasteiger partial charge in [0.25, 0.3) is 0 Å². The summed E-state index contributed by atoms with van der Waals surface area (Å²) >= 11 is 1.73. The highest BCUT2D eigenvalue weighted by atomic mass is 32.1. The summed E-state index contributed by atoms with van der Waals surface area (Å²) in [6.45, 7) is 4.19. The molecule has 0 radical (unpaired) electrons. The molecule has 0 nitrogen and oxygen atoms in total. The lowest BCUT2D eigenvalue weighted by atomic mass is 10.2. The quantitative estimate of drug-likeness (QED) is 0.584. The molecule has 1 rings (SSSR count). The van der Waals surface area contributed by atoms with E-state index in [1.54, 1.807) is 11.3 Å². The third-order valence-electron chi connectivity index (χ3n) is 1.26. The molecule has 0 aliphatic rings. The van der Waals surface area contributed by atoms with Crippen molar-refractivity contribution in [1.82, 2.24) is 0 Å². The maximum absolute atomic E-state index is 2.13. The number of thiophene rings is 1. The number of hydrogen-bond acceptors (Lipinski definition) is 1. The first-order valence-corrected chi connectivity index (χ1v) is 4.57. The van der Waals surface area contributed by atoms with Crippen LogP contribution in [0.4, 0.5) is 0 Å².